The van der Waals surface area contributed by atoms with Gasteiger partial charge in [-0.05, 0) is 53.4 Å². The quantitative estimate of drug-likeness (QED) is 0.344. The molecule has 9 heteroatoms. The molecule has 0 bridgehead atoms. The fraction of sp³-hybridized carbons (Fsp3) is 0.115. The summed E-state index contributed by atoms with van der Waals surface area (Å²) in [7, 11) is 0. The van der Waals surface area contributed by atoms with Crippen molar-refractivity contribution in [3.63, 3.8) is 0 Å². The van der Waals surface area contributed by atoms with Gasteiger partial charge in [-0.25, -0.2) is 4.98 Å². The Labute approximate surface area is 198 Å². The Kier molecular flexibility index (Phi) is 5.82. The lowest BCUT2D eigenvalue weighted by molar-refractivity contribution is -0.137. The summed E-state index contributed by atoms with van der Waals surface area (Å²) in [6.45, 7) is 0.422. The summed E-state index contributed by atoms with van der Waals surface area (Å²) in [4.78, 5) is 21.4. The van der Waals surface area contributed by atoms with Crippen LogP contribution in [0.25, 0.3) is 28.0 Å². The lowest BCUT2D eigenvalue weighted by atomic mass is 10.1. The number of carbonyl (C=O) groups excluding carboxylic acids is 1. The summed E-state index contributed by atoms with van der Waals surface area (Å²) in [6.07, 6.45) is 4.17. The van der Waals surface area contributed by atoms with Crippen molar-refractivity contribution in [2.75, 3.05) is 6.54 Å². The van der Waals surface area contributed by atoms with Crippen molar-refractivity contribution in [3.8, 4) is 22.5 Å². The number of oxazole rings is 1. The van der Waals surface area contributed by atoms with Crippen molar-refractivity contribution in [1.29, 1.82) is 0 Å². The summed E-state index contributed by atoms with van der Waals surface area (Å²) in [5, 5.41) is 2.93. The van der Waals surface area contributed by atoms with Crippen molar-refractivity contribution in [2.24, 2.45) is 0 Å². The van der Waals surface area contributed by atoms with Gasteiger partial charge in [0.05, 0.1) is 16.8 Å². The van der Waals surface area contributed by atoms with Crippen molar-refractivity contribution in [2.45, 2.75) is 12.6 Å². The van der Waals surface area contributed by atoms with E-state index >= 15 is 0 Å². The first kappa shape index (κ1) is 22.4. The monoisotopic (exact) mass is 476 g/mol. The van der Waals surface area contributed by atoms with Crippen LogP contribution < -0.4 is 5.32 Å². The number of halogens is 3. The van der Waals surface area contributed by atoms with Gasteiger partial charge in [0.2, 0.25) is 0 Å². The lowest BCUT2D eigenvalue weighted by Gasteiger charge is -2.09. The Morgan fingerprint density at radius 1 is 1.06 bits per heavy atom. The molecule has 35 heavy (non-hydrogen) atoms. The van der Waals surface area contributed by atoms with Crippen LogP contribution in [-0.4, -0.2) is 26.8 Å². The molecule has 1 N–H and O–H groups in total. The van der Waals surface area contributed by atoms with Crippen molar-refractivity contribution >= 4 is 11.4 Å². The van der Waals surface area contributed by atoms with E-state index in [0.717, 1.165) is 23.2 Å². The predicted octanol–water partition coefficient (Wildman–Crippen LogP) is 5.65. The van der Waals surface area contributed by atoms with Crippen molar-refractivity contribution in [3.05, 3.63) is 103 Å². The zero-order valence-corrected chi connectivity index (χ0v) is 18.3. The molecule has 0 atom stereocenters. The standard InChI is InChI=1S/C26H19F3N4O2/c27-26(28,29)20-6-3-18(4-7-20)19-5-8-21-12-22(24(33(21)14-19)23-15-35-16-32-23)25(34)31-11-9-17-2-1-10-30-13-17/h1-8,10,12-16H,9,11H2,(H,31,34). The summed E-state index contributed by atoms with van der Waals surface area (Å²) >= 11 is 0. The van der Waals surface area contributed by atoms with Gasteiger partial charge < -0.3 is 14.1 Å². The number of nitrogens with zero attached hydrogens (tertiary/aromatic N) is 3. The van der Waals surface area contributed by atoms with Crippen LogP contribution in [0.5, 0.6) is 0 Å². The molecule has 0 saturated carbocycles. The second kappa shape index (κ2) is 9.09. The Balaban J connectivity index is 1.48. The minimum absolute atomic E-state index is 0.272. The first-order valence-corrected chi connectivity index (χ1v) is 10.8. The highest BCUT2D eigenvalue weighted by Crippen LogP contribution is 2.32. The molecule has 0 aliphatic carbocycles. The van der Waals surface area contributed by atoms with Crippen LogP contribution in [-0.2, 0) is 12.6 Å². The molecular formula is C26H19F3N4O2. The number of rotatable bonds is 6. The zero-order valence-electron chi connectivity index (χ0n) is 18.3. The molecule has 0 saturated heterocycles. The Hall–Kier alpha value is -4.40. The Bertz CT molecular complexity index is 1460. The maximum Gasteiger partial charge on any atom is 0.416 e. The number of pyridine rings is 2. The number of fused-ring (bicyclic) bond motifs is 1. The molecule has 1 amide bonds. The normalized spacial score (nSPS) is 11.6. The highest BCUT2D eigenvalue weighted by Gasteiger charge is 2.30. The molecule has 0 aliphatic rings. The SMILES string of the molecule is O=C(NCCc1cccnc1)c1cc2ccc(-c3ccc(C(F)(F)F)cc3)cn2c1-c1cocn1. The molecule has 1 aromatic carbocycles. The van der Waals surface area contributed by atoms with Gasteiger partial charge in [0.1, 0.15) is 12.0 Å². The molecule has 5 rings (SSSR count). The molecule has 0 aliphatic heterocycles. The molecule has 0 fully saturated rings. The molecule has 0 radical (unpaired) electrons. The highest BCUT2D eigenvalue weighted by atomic mass is 19.4. The average molecular weight is 476 g/mol. The van der Waals surface area contributed by atoms with Gasteiger partial charge in [0.15, 0.2) is 6.39 Å². The van der Waals surface area contributed by atoms with Gasteiger partial charge in [-0.1, -0.05) is 24.3 Å². The average Bonchev–Trinajstić information content (AvgIpc) is 3.51. The van der Waals surface area contributed by atoms with Crippen LogP contribution in [0.15, 0.2) is 90.3 Å². The number of hydrogen-bond donors (Lipinski definition) is 1. The maximum absolute atomic E-state index is 13.1. The molecule has 176 valence electrons. The molecule has 4 heterocycles. The third-order valence-electron chi connectivity index (χ3n) is 5.66. The van der Waals surface area contributed by atoms with Crippen molar-refractivity contribution in [1.82, 2.24) is 19.7 Å². The van der Waals surface area contributed by atoms with E-state index in [1.807, 2.05) is 18.2 Å². The Morgan fingerprint density at radius 3 is 2.54 bits per heavy atom. The van der Waals surface area contributed by atoms with Gasteiger partial charge in [-0.2, -0.15) is 13.2 Å². The number of aromatic nitrogens is 3. The first-order valence-electron chi connectivity index (χ1n) is 10.8. The smallest absolute Gasteiger partial charge is 0.416 e. The second-order valence-corrected chi connectivity index (χ2v) is 7.94. The number of benzene rings is 1. The zero-order chi connectivity index (χ0) is 24.4. The fourth-order valence-corrected chi connectivity index (χ4v) is 3.92. The lowest BCUT2D eigenvalue weighted by Crippen LogP contribution is -2.26. The minimum Gasteiger partial charge on any atom is -0.451 e. The van der Waals surface area contributed by atoms with E-state index in [-0.39, 0.29) is 5.91 Å². The van der Waals surface area contributed by atoms with Crippen LogP contribution in [0.2, 0.25) is 0 Å². The van der Waals surface area contributed by atoms with Crippen LogP contribution in [0.1, 0.15) is 21.5 Å². The topological polar surface area (TPSA) is 72.4 Å². The number of carbonyl (C=O) groups is 1. The third-order valence-corrected chi connectivity index (χ3v) is 5.66. The Morgan fingerprint density at radius 2 is 1.86 bits per heavy atom. The van der Waals surface area contributed by atoms with E-state index in [4.69, 9.17) is 4.42 Å². The van der Waals surface area contributed by atoms with E-state index in [2.05, 4.69) is 15.3 Å². The van der Waals surface area contributed by atoms with Gasteiger partial charge in [0, 0.05) is 30.7 Å². The predicted molar refractivity (Wildman–Crippen MR) is 124 cm³/mol. The van der Waals surface area contributed by atoms with E-state index in [9.17, 15) is 18.0 Å². The largest absolute Gasteiger partial charge is 0.451 e. The van der Waals surface area contributed by atoms with E-state index in [1.54, 1.807) is 35.1 Å². The molecule has 5 aromatic rings. The first-order chi connectivity index (χ1) is 16.9. The van der Waals surface area contributed by atoms with Crippen LogP contribution >= 0.6 is 0 Å². The van der Waals surface area contributed by atoms with Gasteiger partial charge >= 0.3 is 6.18 Å². The van der Waals surface area contributed by atoms with Gasteiger partial charge in [-0.15, -0.1) is 0 Å². The van der Waals surface area contributed by atoms with Crippen LogP contribution in [0.4, 0.5) is 13.2 Å². The minimum atomic E-state index is -4.40. The van der Waals surface area contributed by atoms with E-state index in [1.165, 1.54) is 24.8 Å². The third kappa shape index (κ3) is 4.65. The number of amides is 1. The molecule has 0 unspecified atom stereocenters. The van der Waals surface area contributed by atoms with Crippen LogP contribution in [0.3, 0.4) is 0 Å². The maximum atomic E-state index is 13.1. The van der Waals surface area contributed by atoms with Gasteiger partial charge in [-0.3, -0.25) is 9.78 Å². The van der Waals surface area contributed by atoms with E-state index in [0.29, 0.717) is 41.0 Å². The summed E-state index contributed by atoms with van der Waals surface area (Å²) in [6, 6.07) is 14.1. The number of hydrogen-bond acceptors (Lipinski definition) is 4. The molecule has 4 aromatic heterocycles. The summed E-state index contributed by atoms with van der Waals surface area (Å²) < 4.78 is 45.8. The van der Waals surface area contributed by atoms with Crippen molar-refractivity contribution < 1.29 is 22.4 Å². The molecular weight excluding hydrogens is 457 g/mol. The van der Waals surface area contributed by atoms with Gasteiger partial charge in [0.25, 0.3) is 5.91 Å². The second-order valence-electron chi connectivity index (χ2n) is 7.94. The fourth-order valence-electron chi connectivity index (χ4n) is 3.92. The number of nitrogens with one attached hydrogen (secondary N) is 1. The molecule has 6 nitrogen and oxygen atoms in total. The summed E-state index contributed by atoms with van der Waals surface area (Å²) in [5.74, 6) is -0.272. The highest BCUT2D eigenvalue weighted by molar-refractivity contribution is 6.02. The summed E-state index contributed by atoms with van der Waals surface area (Å²) in [5.41, 5.74) is 3.74. The molecule has 0 spiro atoms. The van der Waals surface area contributed by atoms with E-state index < -0.39 is 11.7 Å². The van der Waals surface area contributed by atoms with Crippen LogP contribution in [0, 0.1) is 0 Å². The number of alkyl halides is 3.